The molecule has 4 aromatic carbocycles. The minimum absolute atomic E-state index is 0.0117. The van der Waals surface area contributed by atoms with Crippen LogP contribution in [0.5, 0.6) is 0 Å². The highest BCUT2D eigenvalue weighted by molar-refractivity contribution is 6.05. The first-order valence-corrected chi connectivity index (χ1v) is 26.7. The quantitative estimate of drug-likeness (QED) is 0.0443. The van der Waals surface area contributed by atoms with Gasteiger partial charge in [0.1, 0.15) is 34.4 Å². The van der Waals surface area contributed by atoms with Crippen LogP contribution in [0.2, 0.25) is 0 Å². The Morgan fingerprint density at radius 2 is 1.04 bits per heavy atom. The van der Waals surface area contributed by atoms with Gasteiger partial charge in [-0.05, 0) is 130 Å². The Labute approximate surface area is 478 Å². The van der Waals surface area contributed by atoms with Crippen LogP contribution in [-0.4, -0.2) is 82.6 Å². The number of hydrogen-bond acceptors (Lipinski definition) is 13. The number of imidazole rings is 2. The second-order valence-corrected chi connectivity index (χ2v) is 20.7. The van der Waals surface area contributed by atoms with Crippen molar-refractivity contribution in [1.29, 1.82) is 0 Å². The largest absolute Gasteiger partial charge is 0.444 e. The van der Waals surface area contributed by atoms with Gasteiger partial charge in [0, 0.05) is 41.2 Å². The van der Waals surface area contributed by atoms with Gasteiger partial charge >= 0.3 is 6.09 Å². The number of nitrogen functional groups attached to an aromatic ring is 2. The van der Waals surface area contributed by atoms with Gasteiger partial charge in [0.05, 0.1) is 25.2 Å². The van der Waals surface area contributed by atoms with E-state index in [4.69, 9.17) is 46.0 Å². The third-order valence-electron chi connectivity index (χ3n) is 13.9. The van der Waals surface area contributed by atoms with Gasteiger partial charge < -0.3 is 43.8 Å². The molecule has 2 atom stereocenters. The topological polar surface area (TPSA) is 308 Å². The van der Waals surface area contributed by atoms with Crippen LogP contribution in [0.4, 0.5) is 27.8 Å². The smallest absolute Gasteiger partial charge is 0.410 e. The molecule has 420 valence electrons. The van der Waals surface area contributed by atoms with Crippen LogP contribution in [0.15, 0.2) is 134 Å². The van der Waals surface area contributed by atoms with Gasteiger partial charge in [0.15, 0.2) is 28.6 Å². The molecule has 11 N–H and O–H groups in total. The lowest BCUT2D eigenvalue weighted by atomic mass is 10.0. The molecule has 2 aliphatic heterocycles. The average molecular weight is 1110 g/mol. The third-order valence-corrected chi connectivity index (χ3v) is 13.9. The summed E-state index contributed by atoms with van der Waals surface area (Å²) in [6.45, 7) is 20.9. The molecule has 0 radical (unpaired) electrons. The molecule has 0 bridgehead atoms. The zero-order valence-corrected chi connectivity index (χ0v) is 45.8. The Morgan fingerprint density at radius 1 is 0.590 bits per heavy atom. The van der Waals surface area contributed by atoms with Crippen LogP contribution < -0.4 is 39.1 Å². The van der Waals surface area contributed by atoms with E-state index in [0.717, 1.165) is 65.6 Å². The van der Waals surface area contributed by atoms with Crippen LogP contribution in [0.1, 0.15) is 125 Å². The van der Waals surface area contributed by atoms with Gasteiger partial charge in [-0.2, -0.15) is 0 Å². The Kier molecular flexibility index (Phi) is 17.0. The van der Waals surface area contributed by atoms with E-state index >= 15 is 0 Å². The van der Waals surface area contributed by atoms with E-state index in [0.29, 0.717) is 75.6 Å². The number of pyridine rings is 2. The first-order valence-electron chi connectivity index (χ1n) is 26.7. The minimum Gasteiger partial charge on any atom is -0.444 e. The number of nitrogens with two attached hydrogens (primary N) is 4. The van der Waals surface area contributed by atoms with E-state index in [-0.39, 0.29) is 34.9 Å². The van der Waals surface area contributed by atoms with Gasteiger partial charge in [-0.15, -0.1) is 0 Å². The summed E-state index contributed by atoms with van der Waals surface area (Å²) in [7, 11) is 0. The van der Waals surface area contributed by atoms with Crippen molar-refractivity contribution >= 4 is 52.7 Å². The van der Waals surface area contributed by atoms with Gasteiger partial charge in [-0.1, -0.05) is 79.2 Å². The van der Waals surface area contributed by atoms with Crippen molar-refractivity contribution < 1.29 is 28.7 Å². The number of piperidine rings is 2. The highest BCUT2D eigenvalue weighted by Crippen LogP contribution is 2.36. The average Bonchev–Trinajstić information content (AvgIpc) is 4.09. The molecule has 8 aromatic rings. The summed E-state index contributed by atoms with van der Waals surface area (Å²) in [5.41, 5.74) is 17.9. The maximum atomic E-state index is 13.1. The number of aromatic nitrogens is 6. The van der Waals surface area contributed by atoms with Crippen LogP contribution in [0.3, 0.4) is 0 Å². The zero-order valence-electron chi connectivity index (χ0n) is 45.8. The number of nitrogens with zero attached hydrogens (tertiary/aromatic N) is 9. The predicted octanol–water partition coefficient (Wildman–Crippen LogP) is 9.73. The number of hydrogen-bond donors (Lipinski definition) is 7. The second kappa shape index (κ2) is 24.8. The fraction of sp³-hybridized carbons (Fsp3) is 0.230. The van der Waals surface area contributed by atoms with Gasteiger partial charge in [-0.25, -0.2) is 43.8 Å². The number of amides is 5. The molecule has 22 heteroatoms. The molecule has 83 heavy (non-hydrogen) atoms. The maximum absolute atomic E-state index is 13.1. The van der Waals surface area contributed by atoms with Gasteiger partial charge in [0.25, 0.3) is 23.6 Å². The monoisotopic (exact) mass is 1110 g/mol. The summed E-state index contributed by atoms with van der Waals surface area (Å²) in [6, 6.07) is 34.2. The van der Waals surface area contributed by atoms with E-state index in [1.807, 2.05) is 36.4 Å². The molecular weight excluding hydrogens is 1050 g/mol. The number of primary amides is 2. The predicted molar refractivity (Wildman–Crippen MR) is 315 cm³/mol. The number of benzene rings is 4. The lowest BCUT2D eigenvalue weighted by molar-refractivity contribution is 0.00818. The highest BCUT2D eigenvalue weighted by atomic mass is 16.6. The number of rotatable bonds is 12. The molecule has 0 spiro atoms. The summed E-state index contributed by atoms with van der Waals surface area (Å²) in [5, 5.41) is 9.01. The van der Waals surface area contributed by atoms with Crippen LogP contribution in [0, 0.1) is 13.1 Å². The van der Waals surface area contributed by atoms with Crippen LogP contribution in [-0.2, 0) is 4.74 Å². The Bertz CT molecular complexity index is 3810. The number of carbonyl (C=O) groups excluding carboxylic acids is 5. The summed E-state index contributed by atoms with van der Waals surface area (Å²) in [6.07, 6.45) is 7.95. The minimum atomic E-state index is -0.776. The Balaban J connectivity index is 0.000000202. The number of anilines is 2. The van der Waals surface area contributed by atoms with Crippen molar-refractivity contribution in [3.63, 3.8) is 0 Å². The molecule has 22 nitrogen and oxygen atoms in total. The Morgan fingerprint density at radius 3 is 1.47 bits per heavy atom. The molecule has 0 saturated carbocycles. The fourth-order valence-electron chi connectivity index (χ4n) is 9.82. The first-order chi connectivity index (χ1) is 39.9. The molecule has 10 rings (SSSR count). The van der Waals surface area contributed by atoms with Crippen molar-refractivity contribution in [2.24, 2.45) is 11.5 Å². The van der Waals surface area contributed by atoms with Crippen LogP contribution in [0.25, 0.3) is 54.5 Å². The van der Waals surface area contributed by atoms with Crippen molar-refractivity contribution in [2.45, 2.75) is 77.0 Å². The second-order valence-electron chi connectivity index (χ2n) is 20.7. The standard InChI is InChI=1S/C33H34N8O4.C28H26N8O2/c1-33(2,3)45-32(44)40-18-6-5-7-25(40)30-39-27(28(29(34)42)41(30)35)21-8-10-22(11-9-21)31(43)38-26-19-23(16-17-37-26)20-12-14-24(36-4)15-13-20;1-31-21-11-9-17(10-12-21)20-13-15-33-23(16-20)34-28(38)19-7-5-18(6-8-19)24-25(26(29)37)36(30)27(35-24)22-4-2-3-14-32-22/h8-17,19,25H,5-7,18,35H2,1-3H3,(H2,34,42)(H,37,38,43);5-13,15-16,22,32H,2-4,14,30H2,(H2,29,37)(H,33,34,38)/t25-;22-/m00/s1. The maximum Gasteiger partial charge on any atom is 0.410 e. The molecule has 4 aromatic heterocycles. The van der Waals surface area contributed by atoms with Crippen molar-refractivity contribution in [3.8, 4) is 44.8 Å². The van der Waals surface area contributed by atoms with Crippen LogP contribution >= 0.6 is 0 Å². The fourth-order valence-corrected chi connectivity index (χ4v) is 9.82. The summed E-state index contributed by atoms with van der Waals surface area (Å²) >= 11 is 0. The molecule has 5 amide bonds. The third kappa shape index (κ3) is 13.2. The lowest BCUT2D eigenvalue weighted by Crippen LogP contribution is -2.43. The number of carbonyl (C=O) groups is 5. The summed E-state index contributed by atoms with van der Waals surface area (Å²) in [4.78, 5) is 90.1. The van der Waals surface area contributed by atoms with Gasteiger partial charge in [0.2, 0.25) is 0 Å². The first kappa shape index (κ1) is 57.0. The van der Waals surface area contributed by atoms with Gasteiger partial charge in [-0.3, -0.25) is 24.1 Å². The van der Waals surface area contributed by atoms with Crippen molar-refractivity contribution in [2.75, 3.05) is 35.4 Å². The van der Waals surface area contributed by atoms with Crippen molar-refractivity contribution in [3.05, 3.63) is 191 Å². The molecule has 0 unspecified atom stereocenters. The van der Waals surface area contributed by atoms with E-state index < -0.39 is 29.6 Å². The van der Waals surface area contributed by atoms with E-state index in [1.54, 1.807) is 123 Å². The summed E-state index contributed by atoms with van der Waals surface area (Å²) in [5.74, 6) is 12.1. The SMILES string of the molecule is [C-]#[N+]c1ccc(-c2ccnc(NC(=O)c3ccc(-c4nc([C@@H]5CCCCN5)n(N)c4C(N)=O)cc3)c2)cc1.[C-]#[N+]c1ccc(-c2ccnc(NC(=O)c3ccc(-c4nc([C@@H]5CCCCN5C(=O)OC(C)(C)C)n(N)c4C(N)=O)cc3)c2)cc1. The number of nitrogens with one attached hydrogen (secondary N) is 3. The molecule has 0 aliphatic carbocycles. The zero-order chi connectivity index (χ0) is 59.0. The van der Waals surface area contributed by atoms with E-state index in [1.165, 1.54) is 4.68 Å². The molecule has 2 aliphatic rings. The molecular formula is C61H60N16O6. The molecule has 6 heterocycles. The molecule has 2 saturated heterocycles. The normalized spacial score (nSPS) is 14.9. The molecule has 2 fully saturated rings. The lowest BCUT2D eigenvalue weighted by Gasteiger charge is -2.36. The summed E-state index contributed by atoms with van der Waals surface area (Å²) < 4.78 is 8.04. The highest BCUT2D eigenvalue weighted by Gasteiger charge is 2.36. The number of ether oxygens (including phenoxy) is 1. The van der Waals surface area contributed by atoms with E-state index in [9.17, 15) is 24.0 Å². The van der Waals surface area contributed by atoms with Crippen molar-refractivity contribution in [1.82, 2.24) is 39.5 Å². The number of likely N-dealkylation sites (tertiary alicyclic amines) is 1. The van der Waals surface area contributed by atoms with E-state index in [2.05, 4.69) is 40.6 Å². The Hall–Kier alpha value is -10.7.